The highest BCUT2D eigenvalue weighted by molar-refractivity contribution is 8.13. The predicted molar refractivity (Wildman–Crippen MR) is 54.1 cm³/mol. The Hall–Kier alpha value is -0.180. The minimum Gasteiger partial charge on any atom is -0.379 e. The molecule has 0 spiro atoms. The Kier molecular flexibility index (Phi) is 5.38. The minimum absolute atomic E-state index is 0.315. The third-order valence-corrected chi connectivity index (χ3v) is 2.18. The maximum absolute atomic E-state index is 5.64. The molecule has 0 bridgehead atoms. The fourth-order valence-corrected chi connectivity index (χ4v) is 1.33. The number of hydrogen-bond donors (Lipinski definition) is 1. The van der Waals surface area contributed by atoms with E-state index in [4.69, 9.17) is 5.73 Å². The number of nitrogens with zero attached hydrogens (tertiary/aromatic N) is 1. The van der Waals surface area contributed by atoms with Gasteiger partial charge < -0.3 is 5.73 Å². The van der Waals surface area contributed by atoms with Gasteiger partial charge in [0, 0.05) is 11.8 Å². The van der Waals surface area contributed by atoms with Crippen LogP contribution < -0.4 is 5.73 Å². The van der Waals surface area contributed by atoms with Crippen LogP contribution in [0.3, 0.4) is 0 Å². The molecule has 0 saturated heterocycles. The molecular weight excluding hydrogens is 156 g/mol. The second-order valence-electron chi connectivity index (χ2n) is 3.27. The molecule has 0 heterocycles. The number of amidine groups is 1. The summed E-state index contributed by atoms with van der Waals surface area (Å²) in [5.74, 6) is 1.74. The van der Waals surface area contributed by atoms with Gasteiger partial charge in [0.1, 0.15) is 0 Å². The maximum atomic E-state index is 5.64. The van der Waals surface area contributed by atoms with Crippen molar-refractivity contribution in [3.8, 4) is 0 Å². The van der Waals surface area contributed by atoms with E-state index in [0.717, 1.165) is 5.75 Å². The van der Waals surface area contributed by atoms with E-state index in [1.165, 1.54) is 0 Å². The van der Waals surface area contributed by atoms with E-state index in [-0.39, 0.29) is 0 Å². The van der Waals surface area contributed by atoms with E-state index in [9.17, 15) is 0 Å². The molecule has 0 saturated carbocycles. The summed E-state index contributed by atoms with van der Waals surface area (Å²) in [5, 5.41) is 0.716. The molecular formula is C8H18N2S. The van der Waals surface area contributed by atoms with Crippen LogP contribution in [0.25, 0.3) is 0 Å². The molecule has 0 rings (SSSR count). The van der Waals surface area contributed by atoms with Crippen LogP contribution >= 0.6 is 11.8 Å². The van der Waals surface area contributed by atoms with Crippen LogP contribution in [-0.4, -0.2) is 17.0 Å². The summed E-state index contributed by atoms with van der Waals surface area (Å²) in [4.78, 5) is 4.21. The Balaban J connectivity index is 3.59. The molecule has 0 amide bonds. The van der Waals surface area contributed by atoms with Gasteiger partial charge >= 0.3 is 0 Å². The number of hydrogen-bond acceptors (Lipinski definition) is 2. The molecule has 0 unspecified atom stereocenters. The number of aliphatic imine (C=N–C) groups is 1. The first-order valence-corrected chi connectivity index (χ1v) is 4.97. The Bertz CT molecular complexity index is 130. The van der Waals surface area contributed by atoms with E-state index in [1.54, 1.807) is 11.8 Å². The smallest absolute Gasteiger partial charge is 0.154 e. The summed E-state index contributed by atoms with van der Waals surface area (Å²) < 4.78 is 0. The first kappa shape index (κ1) is 10.8. The first-order valence-electron chi connectivity index (χ1n) is 3.98. The molecule has 0 aliphatic heterocycles. The molecule has 0 aliphatic carbocycles. The third-order valence-electron chi connectivity index (χ3n) is 0.950. The van der Waals surface area contributed by atoms with Crippen molar-refractivity contribution in [2.24, 2.45) is 16.6 Å². The van der Waals surface area contributed by atoms with Crippen molar-refractivity contribution >= 4 is 16.9 Å². The van der Waals surface area contributed by atoms with Gasteiger partial charge in [-0.05, 0) is 19.8 Å². The van der Waals surface area contributed by atoms with Crippen LogP contribution in [0, 0.1) is 5.92 Å². The van der Waals surface area contributed by atoms with Gasteiger partial charge in [0.2, 0.25) is 0 Å². The van der Waals surface area contributed by atoms with E-state index in [0.29, 0.717) is 17.1 Å². The normalized spacial score (nSPS) is 13.1. The minimum atomic E-state index is 0.315. The molecule has 2 nitrogen and oxygen atoms in total. The summed E-state index contributed by atoms with van der Waals surface area (Å²) >= 11 is 1.64. The molecule has 11 heavy (non-hydrogen) atoms. The first-order chi connectivity index (χ1) is 5.02. The van der Waals surface area contributed by atoms with Gasteiger partial charge in [-0.2, -0.15) is 0 Å². The fraction of sp³-hybridized carbons (Fsp3) is 0.875. The summed E-state index contributed by atoms with van der Waals surface area (Å²) in [5.41, 5.74) is 5.64. The van der Waals surface area contributed by atoms with E-state index in [2.05, 4.69) is 18.8 Å². The van der Waals surface area contributed by atoms with Crippen LogP contribution in [0.15, 0.2) is 4.99 Å². The zero-order chi connectivity index (χ0) is 8.85. The highest BCUT2D eigenvalue weighted by atomic mass is 32.2. The zero-order valence-corrected chi connectivity index (χ0v) is 8.61. The van der Waals surface area contributed by atoms with Gasteiger partial charge in [0.15, 0.2) is 5.17 Å². The van der Waals surface area contributed by atoms with Crippen LogP contribution in [0.5, 0.6) is 0 Å². The summed E-state index contributed by atoms with van der Waals surface area (Å²) in [6, 6.07) is 0.315. The number of nitrogens with two attached hydrogens (primary N) is 1. The van der Waals surface area contributed by atoms with Crippen molar-refractivity contribution in [2.45, 2.75) is 33.7 Å². The summed E-state index contributed by atoms with van der Waals surface area (Å²) in [7, 11) is 0. The van der Waals surface area contributed by atoms with E-state index >= 15 is 0 Å². The van der Waals surface area contributed by atoms with Gasteiger partial charge in [-0.25, -0.2) is 0 Å². The van der Waals surface area contributed by atoms with Gasteiger partial charge in [-0.1, -0.05) is 25.6 Å². The monoisotopic (exact) mass is 174 g/mol. The van der Waals surface area contributed by atoms with Crippen LogP contribution in [0.1, 0.15) is 27.7 Å². The zero-order valence-electron chi connectivity index (χ0n) is 7.79. The molecule has 0 atom stereocenters. The lowest BCUT2D eigenvalue weighted by Crippen LogP contribution is -2.11. The van der Waals surface area contributed by atoms with Crippen LogP contribution in [0.4, 0.5) is 0 Å². The Morgan fingerprint density at radius 3 is 2.27 bits per heavy atom. The average Bonchev–Trinajstić information content (AvgIpc) is 1.82. The number of thioether (sulfide) groups is 1. The molecule has 0 aliphatic rings. The highest BCUT2D eigenvalue weighted by Gasteiger charge is 1.98. The largest absolute Gasteiger partial charge is 0.379 e. The predicted octanol–water partition coefficient (Wildman–Crippen LogP) is 2.10. The lowest BCUT2D eigenvalue weighted by atomic mass is 10.3. The number of rotatable bonds is 3. The molecule has 0 aromatic rings. The second kappa shape index (κ2) is 5.47. The van der Waals surface area contributed by atoms with Crippen molar-refractivity contribution < 1.29 is 0 Å². The Morgan fingerprint density at radius 2 is 1.91 bits per heavy atom. The summed E-state index contributed by atoms with van der Waals surface area (Å²) in [6.07, 6.45) is 0. The summed E-state index contributed by atoms with van der Waals surface area (Å²) in [6.45, 7) is 8.41. The lowest BCUT2D eigenvalue weighted by Gasteiger charge is -2.04. The van der Waals surface area contributed by atoms with E-state index < -0.39 is 0 Å². The van der Waals surface area contributed by atoms with Crippen LogP contribution in [0.2, 0.25) is 0 Å². The van der Waals surface area contributed by atoms with Gasteiger partial charge in [0.25, 0.3) is 0 Å². The average molecular weight is 174 g/mol. The fourth-order valence-electron chi connectivity index (χ4n) is 0.544. The third kappa shape index (κ3) is 7.72. The molecule has 0 fully saturated rings. The molecule has 66 valence electrons. The van der Waals surface area contributed by atoms with Crippen LogP contribution in [-0.2, 0) is 0 Å². The molecule has 0 aromatic heterocycles. The van der Waals surface area contributed by atoms with Gasteiger partial charge in [-0.3, -0.25) is 4.99 Å². The Morgan fingerprint density at radius 1 is 1.36 bits per heavy atom. The lowest BCUT2D eigenvalue weighted by molar-refractivity contribution is 0.751. The maximum Gasteiger partial charge on any atom is 0.154 e. The van der Waals surface area contributed by atoms with Gasteiger partial charge in [-0.15, -0.1) is 0 Å². The van der Waals surface area contributed by atoms with Crippen molar-refractivity contribution in [2.75, 3.05) is 5.75 Å². The van der Waals surface area contributed by atoms with Gasteiger partial charge in [0.05, 0.1) is 0 Å². The van der Waals surface area contributed by atoms with Crippen molar-refractivity contribution in [1.29, 1.82) is 0 Å². The highest BCUT2D eigenvalue weighted by Crippen LogP contribution is 2.07. The van der Waals surface area contributed by atoms with Crippen molar-refractivity contribution in [1.82, 2.24) is 0 Å². The van der Waals surface area contributed by atoms with E-state index in [1.807, 2.05) is 13.8 Å². The molecule has 3 heteroatoms. The molecule has 2 N–H and O–H groups in total. The molecule has 0 radical (unpaired) electrons. The van der Waals surface area contributed by atoms with Crippen molar-refractivity contribution in [3.63, 3.8) is 0 Å². The topological polar surface area (TPSA) is 38.4 Å². The standard InChI is InChI=1S/C8H18N2S/c1-6(2)5-11-8(9)10-7(3)4/h6-7H,5H2,1-4H3,(H2,9,10). The quantitative estimate of drug-likeness (QED) is 0.525. The Labute approximate surface area is 73.7 Å². The molecule has 0 aromatic carbocycles. The van der Waals surface area contributed by atoms with Crippen molar-refractivity contribution in [3.05, 3.63) is 0 Å². The SMILES string of the molecule is CC(C)CSC(N)=NC(C)C. The second-order valence-corrected chi connectivity index (χ2v) is 4.31.